The van der Waals surface area contributed by atoms with Crippen LogP contribution in [-0.4, -0.2) is 13.9 Å². The molecule has 8 heavy (non-hydrogen) atoms. The van der Waals surface area contributed by atoms with Crippen molar-refractivity contribution in [1.82, 2.24) is 7.88 Å². The second-order valence-electron chi connectivity index (χ2n) is 0.748. The third kappa shape index (κ3) is 2.67. The first kappa shape index (κ1) is 8.43. The predicted molar refractivity (Wildman–Crippen MR) is 32.5 cm³/mol. The lowest BCUT2D eigenvalue weighted by Crippen LogP contribution is -2.18. The summed E-state index contributed by atoms with van der Waals surface area (Å²) in [5.74, 6) is 0. The average molecular weight is 198 g/mol. The molecule has 48 valence electrons. The molecule has 0 aliphatic rings. The molecule has 2 amide bonds. The summed E-state index contributed by atoms with van der Waals surface area (Å²) in [6.07, 6.45) is 0. The molecule has 0 saturated carbocycles. The van der Waals surface area contributed by atoms with Crippen molar-refractivity contribution in [2.45, 2.75) is 0 Å². The molecule has 7 heteroatoms. The Labute approximate surface area is 66.1 Å². The number of amides is 2. The zero-order chi connectivity index (χ0) is 6.73. The Balaban J connectivity index is 3.65. The number of carbonyl (C=O) groups is 1. The van der Waals surface area contributed by atoms with Crippen molar-refractivity contribution in [3.05, 3.63) is 0 Å². The van der Waals surface area contributed by atoms with Gasteiger partial charge in [0.25, 0.3) is 0 Å². The molecule has 0 aliphatic heterocycles. The van der Waals surface area contributed by atoms with Crippen molar-refractivity contribution in [2.24, 2.45) is 0 Å². The van der Waals surface area contributed by atoms with Gasteiger partial charge < -0.3 is 0 Å². The van der Waals surface area contributed by atoms with E-state index in [0.29, 0.717) is 0 Å². The predicted octanol–water partition coefficient (Wildman–Crippen LogP) is 2.33. The van der Waals surface area contributed by atoms with E-state index in [0.717, 1.165) is 0 Å². The molecule has 0 aromatic rings. The lowest BCUT2D eigenvalue weighted by Gasteiger charge is -2.04. The molecule has 0 spiro atoms. The first-order valence-electron chi connectivity index (χ1n) is 1.33. The molecule has 3 nitrogen and oxygen atoms in total. The molecule has 0 fully saturated rings. The Bertz CT molecular complexity index is 82.0. The quantitative estimate of drug-likeness (QED) is 0.547. The first-order chi connectivity index (χ1) is 3.55. The van der Waals surface area contributed by atoms with Crippen LogP contribution in [0.5, 0.6) is 0 Å². The van der Waals surface area contributed by atoms with Crippen LogP contribution in [0.2, 0.25) is 0 Å². The summed E-state index contributed by atoms with van der Waals surface area (Å²) in [6, 6.07) is -0.920. The van der Waals surface area contributed by atoms with Crippen molar-refractivity contribution in [2.75, 3.05) is 0 Å². The average Bonchev–Trinajstić information content (AvgIpc) is 1.64. The SMILES string of the molecule is O=C(N(Cl)Cl)N(Cl)Cl. The van der Waals surface area contributed by atoms with Crippen LogP contribution in [0, 0.1) is 0 Å². The third-order valence-corrected chi connectivity index (χ3v) is 0.868. The van der Waals surface area contributed by atoms with E-state index in [1.165, 1.54) is 0 Å². The van der Waals surface area contributed by atoms with E-state index in [-0.39, 0.29) is 7.88 Å². The summed E-state index contributed by atoms with van der Waals surface area (Å²) in [5.41, 5.74) is 0. The Kier molecular flexibility index (Phi) is 3.64. The van der Waals surface area contributed by atoms with Gasteiger partial charge >= 0.3 is 6.03 Å². The molecule has 0 aromatic heterocycles. The van der Waals surface area contributed by atoms with E-state index < -0.39 is 6.03 Å². The second kappa shape index (κ2) is 3.45. The van der Waals surface area contributed by atoms with Crippen molar-refractivity contribution in [1.29, 1.82) is 0 Å². The van der Waals surface area contributed by atoms with Crippen LogP contribution in [0.25, 0.3) is 0 Å². The van der Waals surface area contributed by atoms with E-state index in [4.69, 9.17) is 47.1 Å². The van der Waals surface area contributed by atoms with E-state index >= 15 is 0 Å². The van der Waals surface area contributed by atoms with E-state index in [2.05, 4.69) is 0 Å². The molecule has 0 aliphatic carbocycles. The molecule has 0 aromatic carbocycles. The zero-order valence-electron chi connectivity index (χ0n) is 3.31. The Morgan fingerprint density at radius 1 is 1.00 bits per heavy atom. The Morgan fingerprint density at radius 3 is 1.25 bits per heavy atom. The number of nitrogens with zero attached hydrogens (tertiary/aromatic N) is 2. The van der Waals surface area contributed by atoms with Crippen LogP contribution in [0.1, 0.15) is 0 Å². The van der Waals surface area contributed by atoms with Crippen LogP contribution in [0.3, 0.4) is 0 Å². The van der Waals surface area contributed by atoms with Gasteiger partial charge in [-0.1, -0.05) is 0 Å². The molecule has 0 rings (SSSR count). The number of rotatable bonds is 0. The molecule has 0 atom stereocenters. The smallest absolute Gasteiger partial charge is 0.243 e. The van der Waals surface area contributed by atoms with Crippen molar-refractivity contribution in [3.63, 3.8) is 0 Å². The minimum atomic E-state index is -0.920. The van der Waals surface area contributed by atoms with Gasteiger partial charge in [-0.2, -0.15) is 0 Å². The van der Waals surface area contributed by atoms with Gasteiger partial charge in [-0.3, -0.25) is 0 Å². The van der Waals surface area contributed by atoms with Gasteiger partial charge in [-0.15, -0.1) is 7.88 Å². The largest absolute Gasteiger partial charge is 0.379 e. The van der Waals surface area contributed by atoms with Crippen molar-refractivity contribution >= 4 is 53.1 Å². The summed E-state index contributed by atoms with van der Waals surface area (Å²) >= 11 is 19.4. The number of halogens is 4. The normalized spacial score (nSPS) is 8.50. The standard InChI is InChI=1S/CCl4N2O/c2-6(3)1(8)7(4)5. The fourth-order valence-electron chi connectivity index (χ4n) is 0.0571. The van der Waals surface area contributed by atoms with Crippen molar-refractivity contribution < 1.29 is 4.79 Å². The van der Waals surface area contributed by atoms with Crippen molar-refractivity contribution in [3.8, 4) is 0 Å². The van der Waals surface area contributed by atoms with Crippen LogP contribution in [0.4, 0.5) is 4.79 Å². The number of carbonyl (C=O) groups excluding carboxylic acids is 1. The maximum atomic E-state index is 10.2. The highest BCUT2D eigenvalue weighted by molar-refractivity contribution is 6.48. The topological polar surface area (TPSA) is 23.6 Å². The zero-order valence-corrected chi connectivity index (χ0v) is 6.34. The molecule has 0 radical (unpaired) electrons. The minimum Gasteiger partial charge on any atom is -0.243 e. The van der Waals surface area contributed by atoms with Gasteiger partial charge in [0.2, 0.25) is 0 Å². The number of urea groups is 1. The highest BCUT2D eigenvalue weighted by Crippen LogP contribution is 2.09. The highest BCUT2D eigenvalue weighted by atomic mass is 35.5. The molecular formula is CCl4N2O. The summed E-state index contributed by atoms with van der Waals surface area (Å²) < 4.78 is 0.417. The van der Waals surface area contributed by atoms with Crippen LogP contribution in [-0.2, 0) is 0 Å². The number of hydrogen-bond acceptors (Lipinski definition) is 1. The van der Waals surface area contributed by atoms with E-state index in [9.17, 15) is 4.79 Å². The monoisotopic (exact) mass is 196 g/mol. The fourth-order valence-corrected chi connectivity index (χ4v) is 0.514. The Hall–Kier alpha value is 0.430. The second-order valence-corrected chi connectivity index (χ2v) is 2.45. The number of hydrogen-bond donors (Lipinski definition) is 0. The first-order valence-corrected chi connectivity index (χ1v) is 2.68. The highest BCUT2D eigenvalue weighted by Gasteiger charge is 2.13. The maximum Gasteiger partial charge on any atom is 0.379 e. The van der Waals surface area contributed by atoms with E-state index in [1.54, 1.807) is 0 Å². The van der Waals surface area contributed by atoms with Gasteiger partial charge in [0, 0.05) is 47.1 Å². The van der Waals surface area contributed by atoms with Gasteiger partial charge in [0.1, 0.15) is 0 Å². The molecular weight excluding hydrogens is 198 g/mol. The maximum absolute atomic E-state index is 10.2. The Morgan fingerprint density at radius 2 is 1.25 bits per heavy atom. The third-order valence-electron chi connectivity index (χ3n) is 0.289. The lowest BCUT2D eigenvalue weighted by molar-refractivity contribution is 0.232. The van der Waals surface area contributed by atoms with Gasteiger partial charge in [0.15, 0.2) is 0 Å². The summed E-state index contributed by atoms with van der Waals surface area (Å²) in [4.78, 5) is 10.2. The summed E-state index contributed by atoms with van der Waals surface area (Å²) in [7, 11) is 0. The minimum absolute atomic E-state index is 0.208. The fraction of sp³-hybridized carbons (Fsp3) is 0. The van der Waals surface area contributed by atoms with Gasteiger partial charge in [-0.25, -0.2) is 4.79 Å². The molecule has 0 N–H and O–H groups in total. The molecule has 0 saturated heterocycles. The summed E-state index contributed by atoms with van der Waals surface area (Å²) in [6.45, 7) is 0. The van der Waals surface area contributed by atoms with E-state index in [1.807, 2.05) is 0 Å². The van der Waals surface area contributed by atoms with Crippen LogP contribution in [0.15, 0.2) is 0 Å². The van der Waals surface area contributed by atoms with Crippen LogP contribution < -0.4 is 0 Å². The van der Waals surface area contributed by atoms with Crippen LogP contribution >= 0.6 is 47.1 Å². The van der Waals surface area contributed by atoms with Gasteiger partial charge in [-0.05, 0) is 0 Å². The summed E-state index contributed by atoms with van der Waals surface area (Å²) in [5, 5.41) is 0. The molecule has 0 heterocycles. The molecule has 0 bridgehead atoms. The van der Waals surface area contributed by atoms with Gasteiger partial charge in [0.05, 0.1) is 0 Å². The lowest BCUT2D eigenvalue weighted by atomic mass is 11.2. The molecule has 0 unspecified atom stereocenters.